The first-order valence-corrected chi connectivity index (χ1v) is 9.65. The number of amides is 2. The SMILES string of the molecule is CC(C)(C)c1ccc(C(=O)Nc2ccccc2NC(=O)c2csc(N)n2)cc1. The molecule has 2 amide bonds. The van der Waals surface area contributed by atoms with Crippen LogP contribution in [0.2, 0.25) is 0 Å². The first-order valence-electron chi connectivity index (χ1n) is 8.77. The van der Waals surface area contributed by atoms with Gasteiger partial charge in [0.15, 0.2) is 5.13 Å². The van der Waals surface area contributed by atoms with Crippen LogP contribution in [0.25, 0.3) is 0 Å². The van der Waals surface area contributed by atoms with E-state index in [4.69, 9.17) is 5.73 Å². The number of hydrogen-bond donors (Lipinski definition) is 3. The Kier molecular flexibility index (Phi) is 5.46. The summed E-state index contributed by atoms with van der Waals surface area (Å²) in [5.41, 5.74) is 8.52. The Morgan fingerprint density at radius 2 is 1.50 bits per heavy atom. The molecule has 0 saturated heterocycles. The van der Waals surface area contributed by atoms with Gasteiger partial charge < -0.3 is 16.4 Å². The van der Waals surface area contributed by atoms with E-state index in [0.29, 0.717) is 22.1 Å². The lowest BCUT2D eigenvalue weighted by Crippen LogP contribution is -2.17. The molecule has 0 saturated carbocycles. The van der Waals surface area contributed by atoms with Crippen LogP contribution in [0.1, 0.15) is 47.2 Å². The number of nitrogens with two attached hydrogens (primary N) is 1. The largest absolute Gasteiger partial charge is 0.375 e. The fraction of sp³-hybridized carbons (Fsp3) is 0.190. The summed E-state index contributed by atoms with van der Waals surface area (Å²) in [6.45, 7) is 6.37. The third-order valence-corrected chi connectivity index (χ3v) is 4.87. The van der Waals surface area contributed by atoms with Gasteiger partial charge in [0, 0.05) is 10.9 Å². The fourth-order valence-electron chi connectivity index (χ4n) is 2.60. The van der Waals surface area contributed by atoms with Gasteiger partial charge in [-0.3, -0.25) is 9.59 Å². The number of para-hydroxylation sites is 2. The van der Waals surface area contributed by atoms with Crippen LogP contribution in [-0.4, -0.2) is 16.8 Å². The highest BCUT2D eigenvalue weighted by molar-refractivity contribution is 7.13. The van der Waals surface area contributed by atoms with Crippen molar-refractivity contribution in [2.75, 3.05) is 16.4 Å². The van der Waals surface area contributed by atoms with Crippen molar-refractivity contribution in [1.82, 2.24) is 4.98 Å². The number of aromatic nitrogens is 1. The Labute approximate surface area is 167 Å². The van der Waals surface area contributed by atoms with Crippen molar-refractivity contribution in [2.24, 2.45) is 0 Å². The van der Waals surface area contributed by atoms with Gasteiger partial charge in [0.25, 0.3) is 11.8 Å². The molecule has 4 N–H and O–H groups in total. The number of nitrogens with zero attached hydrogens (tertiary/aromatic N) is 1. The van der Waals surface area contributed by atoms with Crippen molar-refractivity contribution < 1.29 is 9.59 Å². The highest BCUT2D eigenvalue weighted by Crippen LogP contribution is 2.25. The Bertz CT molecular complexity index is 1000. The van der Waals surface area contributed by atoms with Gasteiger partial charge in [-0.05, 0) is 35.2 Å². The van der Waals surface area contributed by atoms with Crippen LogP contribution in [0.3, 0.4) is 0 Å². The lowest BCUT2D eigenvalue weighted by molar-refractivity contribution is 0.101. The molecule has 0 aliphatic rings. The standard InChI is InChI=1S/C21H22N4O2S/c1-21(2,3)14-10-8-13(9-11-14)18(26)23-15-6-4-5-7-16(15)24-19(27)17-12-28-20(22)25-17/h4-12H,1-3H3,(H2,22,25)(H,23,26)(H,24,27). The summed E-state index contributed by atoms with van der Waals surface area (Å²) >= 11 is 1.19. The summed E-state index contributed by atoms with van der Waals surface area (Å²) in [6, 6.07) is 14.5. The molecular weight excluding hydrogens is 372 g/mol. The monoisotopic (exact) mass is 394 g/mol. The third kappa shape index (κ3) is 4.55. The molecule has 3 aromatic rings. The van der Waals surface area contributed by atoms with E-state index in [-0.39, 0.29) is 22.9 Å². The fourth-order valence-corrected chi connectivity index (χ4v) is 3.14. The lowest BCUT2D eigenvalue weighted by atomic mass is 9.87. The molecule has 0 unspecified atom stereocenters. The zero-order valence-electron chi connectivity index (χ0n) is 15.9. The predicted octanol–water partition coefficient (Wildman–Crippen LogP) is 4.53. The van der Waals surface area contributed by atoms with E-state index < -0.39 is 0 Å². The van der Waals surface area contributed by atoms with E-state index in [1.165, 1.54) is 11.3 Å². The Hall–Kier alpha value is -3.19. The number of thiazole rings is 1. The van der Waals surface area contributed by atoms with Crippen molar-refractivity contribution in [3.8, 4) is 0 Å². The van der Waals surface area contributed by atoms with Gasteiger partial charge >= 0.3 is 0 Å². The number of nitrogen functional groups attached to an aromatic ring is 1. The van der Waals surface area contributed by atoms with Gasteiger partial charge in [-0.15, -0.1) is 11.3 Å². The van der Waals surface area contributed by atoms with Crippen molar-refractivity contribution >= 4 is 39.7 Å². The minimum absolute atomic E-state index is 0.0188. The lowest BCUT2D eigenvalue weighted by Gasteiger charge is -2.19. The van der Waals surface area contributed by atoms with Crippen LogP contribution < -0.4 is 16.4 Å². The summed E-state index contributed by atoms with van der Waals surface area (Å²) in [5.74, 6) is -0.635. The Balaban J connectivity index is 1.75. The maximum absolute atomic E-state index is 12.6. The van der Waals surface area contributed by atoms with Gasteiger partial charge in [-0.2, -0.15) is 0 Å². The van der Waals surface area contributed by atoms with Crippen molar-refractivity contribution in [1.29, 1.82) is 0 Å². The number of nitrogens with one attached hydrogen (secondary N) is 2. The maximum Gasteiger partial charge on any atom is 0.275 e. The van der Waals surface area contributed by atoms with E-state index >= 15 is 0 Å². The van der Waals surface area contributed by atoms with Crippen molar-refractivity contribution in [3.63, 3.8) is 0 Å². The first kappa shape index (κ1) is 19.6. The van der Waals surface area contributed by atoms with E-state index in [1.54, 1.807) is 41.8 Å². The highest BCUT2D eigenvalue weighted by atomic mass is 32.1. The van der Waals surface area contributed by atoms with Crippen molar-refractivity contribution in [2.45, 2.75) is 26.2 Å². The van der Waals surface area contributed by atoms with E-state index in [2.05, 4.69) is 36.4 Å². The minimum Gasteiger partial charge on any atom is -0.375 e. The molecule has 2 aromatic carbocycles. The molecule has 1 heterocycles. The van der Waals surface area contributed by atoms with Crippen LogP contribution in [0, 0.1) is 0 Å². The number of anilines is 3. The predicted molar refractivity (Wildman–Crippen MR) is 114 cm³/mol. The normalized spacial score (nSPS) is 11.1. The van der Waals surface area contributed by atoms with E-state index in [9.17, 15) is 9.59 Å². The number of rotatable bonds is 4. The summed E-state index contributed by atoms with van der Waals surface area (Å²) in [6.07, 6.45) is 0. The average molecular weight is 395 g/mol. The molecule has 6 nitrogen and oxygen atoms in total. The maximum atomic E-state index is 12.6. The van der Waals surface area contributed by atoms with Gasteiger partial charge in [0.2, 0.25) is 0 Å². The molecule has 144 valence electrons. The molecule has 1 aromatic heterocycles. The van der Waals surface area contributed by atoms with Gasteiger partial charge in [-0.25, -0.2) is 4.98 Å². The Morgan fingerprint density at radius 1 is 0.929 bits per heavy atom. The Morgan fingerprint density at radius 3 is 2.00 bits per heavy atom. The summed E-state index contributed by atoms with van der Waals surface area (Å²) in [5, 5.41) is 7.52. The molecule has 0 aliphatic carbocycles. The molecule has 7 heteroatoms. The van der Waals surface area contributed by atoms with Gasteiger partial charge in [-0.1, -0.05) is 45.0 Å². The quantitative estimate of drug-likeness (QED) is 0.606. The molecular formula is C21H22N4O2S. The van der Waals surface area contributed by atoms with Gasteiger partial charge in [0.05, 0.1) is 11.4 Å². The first-order chi connectivity index (χ1) is 13.2. The van der Waals surface area contributed by atoms with Crippen molar-refractivity contribution in [3.05, 3.63) is 70.7 Å². The number of carbonyl (C=O) groups excluding carboxylic acids is 2. The molecule has 28 heavy (non-hydrogen) atoms. The molecule has 0 aliphatic heterocycles. The zero-order chi connectivity index (χ0) is 20.3. The molecule has 0 bridgehead atoms. The topological polar surface area (TPSA) is 97.1 Å². The van der Waals surface area contributed by atoms with Gasteiger partial charge in [0.1, 0.15) is 5.69 Å². The number of benzene rings is 2. The second-order valence-electron chi connectivity index (χ2n) is 7.35. The summed E-state index contributed by atoms with van der Waals surface area (Å²) < 4.78 is 0. The summed E-state index contributed by atoms with van der Waals surface area (Å²) in [7, 11) is 0. The van der Waals surface area contributed by atoms with Crippen LogP contribution >= 0.6 is 11.3 Å². The van der Waals surface area contributed by atoms with Crippen LogP contribution in [0.5, 0.6) is 0 Å². The number of carbonyl (C=O) groups is 2. The van der Waals surface area contributed by atoms with Crippen LogP contribution in [-0.2, 0) is 5.41 Å². The minimum atomic E-state index is -0.385. The van der Waals surface area contributed by atoms with E-state index in [0.717, 1.165) is 5.56 Å². The average Bonchev–Trinajstić information content (AvgIpc) is 3.09. The van der Waals surface area contributed by atoms with Crippen LogP contribution in [0.4, 0.5) is 16.5 Å². The molecule has 0 fully saturated rings. The second-order valence-corrected chi connectivity index (χ2v) is 8.24. The molecule has 0 radical (unpaired) electrons. The summed E-state index contributed by atoms with van der Waals surface area (Å²) in [4.78, 5) is 28.9. The second kappa shape index (κ2) is 7.82. The number of hydrogen-bond acceptors (Lipinski definition) is 5. The highest BCUT2D eigenvalue weighted by Gasteiger charge is 2.16. The van der Waals surface area contributed by atoms with E-state index in [1.807, 2.05) is 12.1 Å². The van der Waals surface area contributed by atoms with Crippen LogP contribution in [0.15, 0.2) is 53.9 Å². The third-order valence-electron chi connectivity index (χ3n) is 4.19. The zero-order valence-corrected chi connectivity index (χ0v) is 16.8. The molecule has 0 atom stereocenters. The molecule has 0 spiro atoms. The smallest absolute Gasteiger partial charge is 0.275 e. The molecule has 3 rings (SSSR count).